The maximum absolute atomic E-state index is 12.6. The summed E-state index contributed by atoms with van der Waals surface area (Å²) < 4.78 is 16.0. The second kappa shape index (κ2) is 10.3. The molecule has 194 valence electrons. The van der Waals surface area contributed by atoms with Gasteiger partial charge in [0.2, 0.25) is 0 Å². The minimum Gasteiger partial charge on any atom is -0.462 e. The molecule has 1 saturated heterocycles. The molecule has 2 amide bonds. The standard InChI is InChI=1S/C25H38N4O6/c1-8-33-21(30)18-15-29-17(14-20(18)26-22(31)34-24(2,3)4)13-19(27-29)16-9-11-28(12-10-16)23(32)35-25(5,6)7/h14-17H,8-13H2,1-7H3,(H,26,31). The summed E-state index contributed by atoms with van der Waals surface area (Å²) in [6.45, 7) is 14.1. The number of carbonyl (C=O) groups is 3. The first kappa shape index (κ1) is 26.6. The number of alkyl carbamates (subject to hydrolysis) is 1. The molecule has 0 aromatic carbocycles. The highest BCUT2D eigenvalue weighted by molar-refractivity contribution is 5.96. The monoisotopic (exact) mass is 490 g/mol. The fourth-order valence-corrected chi connectivity index (χ4v) is 4.18. The molecule has 0 bridgehead atoms. The molecule has 10 nitrogen and oxygen atoms in total. The Bertz CT molecular complexity index is 933. The van der Waals surface area contributed by atoms with Gasteiger partial charge in [0.1, 0.15) is 16.8 Å². The van der Waals surface area contributed by atoms with E-state index in [2.05, 4.69) is 5.32 Å². The average Bonchev–Trinajstić information content (AvgIpc) is 3.13. The highest BCUT2D eigenvalue weighted by Gasteiger charge is 2.37. The highest BCUT2D eigenvalue weighted by Crippen LogP contribution is 2.32. The number of likely N-dealkylation sites (tertiary alicyclic amines) is 1. The molecule has 3 aliphatic rings. The smallest absolute Gasteiger partial charge is 0.412 e. The predicted octanol–water partition coefficient (Wildman–Crippen LogP) is 3.93. The van der Waals surface area contributed by atoms with Gasteiger partial charge < -0.3 is 19.1 Å². The van der Waals surface area contributed by atoms with E-state index in [4.69, 9.17) is 19.3 Å². The van der Waals surface area contributed by atoms with E-state index in [-0.39, 0.29) is 30.2 Å². The van der Waals surface area contributed by atoms with E-state index in [9.17, 15) is 14.4 Å². The van der Waals surface area contributed by atoms with Crippen molar-refractivity contribution >= 4 is 23.9 Å². The third-order valence-electron chi connectivity index (χ3n) is 5.66. The Hall–Kier alpha value is -3.04. The van der Waals surface area contributed by atoms with Crippen LogP contribution in [0, 0.1) is 5.92 Å². The van der Waals surface area contributed by atoms with Crippen LogP contribution in [0.25, 0.3) is 0 Å². The number of hydrogen-bond acceptors (Lipinski definition) is 8. The van der Waals surface area contributed by atoms with Crippen molar-refractivity contribution in [3.8, 4) is 0 Å². The number of ether oxygens (including phenoxy) is 3. The van der Waals surface area contributed by atoms with Gasteiger partial charge in [-0.15, -0.1) is 0 Å². The summed E-state index contributed by atoms with van der Waals surface area (Å²) in [4.78, 5) is 39.1. The topological polar surface area (TPSA) is 110 Å². The van der Waals surface area contributed by atoms with Gasteiger partial charge in [0.15, 0.2) is 0 Å². The molecule has 0 spiro atoms. The fraction of sp³-hybridized carbons (Fsp3) is 0.680. The van der Waals surface area contributed by atoms with Crippen LogP contribution in [0.5, 0.6) is 0 Å². The predicted molar refractivity (Wildman–Crippen MR) is 130 cm³/mol. The molecular weight excluding hydrogens is 452 g/mol. The lowest BCUT2D eigenvalue weighted by Gasteiger charge is -2.33. The van der Waals surface area contributed by atoms with Crippen LogP contribution in [-0.4, -0.2) is 70.7 Å². The van der Waals surface area contributed by atoms with Crippen molar-refractivity contribution in [3.63, 3.8) is 0 Å². The van der Waals surface area contributed by atoms with E-state index in [1.165, 1.54) is 0 Å². The lowest BCUT2D eigenvalue weighted by atomic mass is 9.89. The first-order valence-electron chi connectivity index (χ1n) is 12.2. The van der Waals surface area contributed by atoms with Crippen LogP contribution in [-0.2, 0) is 19.0 Å². The van der Waals surface area contributed by atoms with Crippen LogP contribution in [0.1, 0.15) is 67.7 Å². The number of rotatable bonds is 4. The van der Waals surface area contributed by atoms with Crippen LogP contribution in [0.15, 0.2) is 28.6 Å². The number of amides is 2. The van der Waals surface area contributed by atoms with Crippen molar-refractivity contribution in [2.45, 2.75) is 85.0 Å². The van der Waals surface area contributed by atoms with Crippen molar-refractivity contribution in [1.29, 1.82) is 0 Å². The SMILES string of the molecule is CCOC(=O)C1=CN2N=C(C3CCN(C(=O)OC(C)(C)C)CC3)CC2C=C1NC(=O)OC(C)(C)C. The number of hydrazone groups is 1. The molecule has 3 aliphatic heterocycles. The van der Waals surface area contributed by atoms with Crippen molar-refractivity contribution < 1.29 is 28.6 Å². The van der Waals surface area contributed by atoms with Gasteiger partial charge in [0, 0.05) is 37.3 Å². The molecule has 1 N–H and O–H groups in total. The molecule has 3 rings (SSSR count). The number of fused-ring (bicyclic) bond motifs is 1. The summed E-state index contributed by atoms with van der Waals surface area (Å²) in [6.07, 6.45) is 4.77. The number of piperidine rings is 1. The zero-order valence-electron chi connectivity index (χ0n) is 21.8. The Morgan fingerprint density at radius 2 is 1.69 bits per heavy atom. The summed E-state index contributed by atoms with van der Waals surface area (Å²) >= 11 is 0. The number of hydrogen-bond donors (Lipinski definition) is 1. The Balaban J connectivity index is 1.69. The van der Waals surface area contributed by atoms with Crippen molar-refractivity contribution in [2.24, 2.45) is 11.0 Å². The normalized spacial score (nSPS) is 20.9. The molecule has 1 unspecified atom stereocenters. The summed E-state index contributed by atoms with van der Waals surface area (Å²) in [5.41, 5.74) is 0.408. The van der Waals surface area contributed by atoms with Crippen LogP contribution < -0.4 is 5.32 Å². The summed E-state index contributed by atoms with van der Waals surface area (Å²) in [7, 11) is 0. The van der Waals surface area contributed by atoms with Gasteiger partial charge in [-0.25, -0.2) is 14.4 Å². The summed E-state index contributed by atoms with van der Waals surface area (Å²) in [6, 6.07) is -0.128. The quantitative estimate of drug-likeness (QED) is 0.470. The van der Waals surface area contributed by atoms with E-state index in [0.717, 1.165) is 18.6 Å². The lowest BCUT2D eigenvalue weighted by Crippen LogP contribution is -2.42. The fourth-order valence-electron chi connectivity index (χ4n) is 4.18. The zero-order valence-corrected chi connectivity index (χ0v) is 21.8. The Labute approximate surface area is 207 Å². The van der Waals surface area contributed by atoms with E-state index >= 15 is 0 Å². The second-order valence-electron chi connectivity index (χ2n) is 11.0. The first-order valence-corrected chi connectivity index (χ1v) is 12.2. The van der Waals surface area contributed by atoms with E-state index in [1.807, 2.05) is 26.8 Å². The van der Waals surface area contributed by atoms with Gasteiger partial charge >= 0.3 is 18.2 Å². The number of nitrogens with zero attached hydrogens (tertiary/aromatic N) is 3. The molecular formula is C25H38N4O6. The van der Waals surface area contributed by atoms with Crippen LogP contribution in [0.3, 0.4) is 0 Å². The number of nitrogens with one attached hydrogen (secondary N) is 1. The van der Waals surface area contributed by atoms with Gasteiger partial charge in [-0.3, -0.25) is 10.3 Å². The molecule has 10 heteroatoms. The largest absolute Gasteiger partial charge is 0.462 e. The molecule has 1 fully saturated rings. The Morgan fingerprint density at radius 1 is 1.06 bits per heavy atom. The van der Waals surface area contributed by atoms with Crippen LogP contribution in [0.2, 0.25) is 0 Å². The average molecular weight is 491 g/mol. The third kappa shape index (κ3) is 7.22. The van der Waals surface area contributed by atoms with E-state index in [0.29, 0.717) is 25.2 Å². The molecule has 0 aromatic rings. The van der Waals surface area contributed by atoms with Gasteiger partial charge in [-0.2, -0.15) is 5.10 Å². The minimum absolute atomic E-state index is 0.128. The van der Waals surface area contributed by atoms with Crippen LogP contribution >= 0.6 is 0 Å². The Kier molecular flexibility index (Phi) is 7.81. The molecule has 0 aliphatic carbocycles. The van der Waals surface area contributed by atoms with Gasteiger partial charge in [-0.05, 0) is 67.4 Å². The molecule has 3 heterocycles. The molecule has 0 aromatic heterocycles. The summed E-state index contributed by atoms with van der Waals surface area (Å²) in [5, 5.41) is 9.23. The number of esters is 1. The van der Waals surface area contributed by atoms with Crippen LogP contribution in [0.4, 0.5) is 9.59 Å². The third-order valence-corrected chi connectivity index (χ3v) is 5.66. The van der Waals surface area contributed by atoms with Crippen molar-refractivity contribution in [2.75, 3.05) is 19.7 Å². The Morgan fingerprint density at radius 3 is 2.26 bits per heavy atom. The molecule has 0 saturated carbocycles. The van der Waals surface area contributed by atoms with E-state index < -0.39 is 23.3 Å². The van der Waals surface area contributed by atoms with Gasteiger partial charge in [0.25, 0.3) is 0 Å². The molecule has 1 atom stereocenters. The highest BCUT2D eigenvalue weighted by atomic mass is 16.6. The summed E-state index contributed by atoms with van der Waals surface area (Å²) in [5.74, 6) is -0.308. The maximum Gasteiger partial charge on any atom is 0.412 e. The maximum atomic E-state index is 12.6. The van der Waals surface area contributed by atoms with Crippen molar-refractivity contribution in [1.82, 2.24) is 15.2 Å². The molecule has 0 radical (unpaired) electrons. The zero-order chi connectivity index (χ0) is 26.0. The second-order valence-corrected chi connectivity index (χ2v) is 11.0. The van der Waals surface area contributed by atoms with Gasteiger partial charge in [-0.1, -0.05) is 0 Å². The van der Waals surface area contributed by atoms with E-state index in [1.54, 1.807) is 43.8 Å². The van der Waals surface area contributed by atoms with Gasteiger partial charge in [0.05, 0.1) is 18.3 Å². The molecule has 35 heavy (non-hydrogen) atoms. The first-order chi connectivity index (χ1) is 16.3. The number of carbonyl (C=O) groups excluding carboxylic acids is 3. The lowest BCUT2D eigenvalue weighted by molar-refractivity contribution is -0.138. The van der Waals surface area contributed by atoms with Crippen molar-refractivity contribution in [3.05, 3.63) is 23.5 Å². The minimum atomic E-state index is -0.670.